The maximum Gasteiger partial charge on any atom is 0.210 e. The van der Waals surface area contributed by atoms with Crippen LogP contribution in [0.15, 0.2) is 41.0 Å². The highest BCUT2D eigenvalue weighted by atomic mass is 79.9. The Hall–Kier alpha value is -2.08. The lowest BCUT2D eigenvalue weighted by Gasteiger charge is -2.19. The minimum absolute atomic E-state index is 0.429. The fourth-order valence-corrected chi connectivity index (χ4v) is 2.46. The number of halogens is 1. The van der Waals surface area contributed by atoms with Crippen LogP contribution in [0, 0.1) is 0 Å². The van der Waals surface area contributed by atoms with Gasteiger partial charge in [0.15, 0.2) is 0 Å². The molecule has 0 fully saturated rings. The zero-order valence-electron chi connectivity index (χ0n) is 14.5. The standard InChI is InChI=1S/C16H17BrN2O3.C2H6/c1-21-14-7-6-12(15(8-14)22-2)9-19(11-20)10-13-4-3-5-16(17)18-13;1-2/h3-8,11H,9-10H2,1-2H3;1-2H3. The summed E-state index contributed by atoms with van der Waals surface area (Å²) in [5, 5.41) is 0. The zero-order chi connectivity index (χ0) is 17.9. The van der Waals surface area contributed by atoms with E-state index in [0.29, 0.717) is 24.6 Å². The maximum atomic E-state index is 11.3. The first kappa shape index (κ1) is 20.0. The molecule has 24 heavy (non-hydrogen) atoms. The molecule has 1 aromatic heterocycles. The predicted octanol–water partition coefficient (Wildman–Crippen LogP) is 4.05. The van der Waals surface area contributed by atoms with Crippen LogP contribution in [-0.4, -0.2) is 30.5 Å². The fourth-order valence-electron chi connectivity index (χ4n) is 2.08. The van der Waals surface area contributed by atoms with Gasteiger partial charge in [0.1, 0.15) is 16.1 Å². The summed E-state index contributed by atoms with van der Waals surface area (Å²) in [5.41, 5.74) is 1.72. The number of carbonyl (C=O) groups excluding carboxylic acids is 1. The van der Waals surface area contributed by atoms with E-state index in [4.69, 9.17) is 9.47 Å². The molecule has 0 radical (unpaired) electrons. The van der Waals surface area contributed by atoms with Crippen LogP contribution in [0.5, 0.6) is 11.5 Å². The molecule has 0 aliphatic heterocycles. The number of pyridine rings is 1. The predicted molar refractivity (Wildman–Crippen MR) is 98.1 cm³/mol. The third kappa shape index (κ3) is 5.85. The van der Waals surface area contributed by atoms with E-state index in [1.54, 1.807) is 25.2 Å². The van der Waals surface area contributed by atoms with Crippen LogP contribution in [-0.2, 0) is 17.9 Å². The van der Waals surface area contributed by atoms with Gasteiger partial charge in [-0.05, 0) is 40.2 Å². The summed E-state index contributed by atoms with van der Waals surface area (Å²) in [6, 6.07) is 11.2. The van der Waals surface area contributed by atoms with E-state index >= 15 is 0 Å². The maximum absolute atomic E-state index is 11.3. The van der Waals surface area contributed by atoms with E-state index in [2.05, 4.69) is 20.9 Å². The van der Waals surface area contributed by atoms with Gasteiger partial charge in [-0.1, -0.05) is 19.9 Å². The molecule has 0 spiro atoms. The molecule has 2 aromatic rings. The summed E-state index contributed by atoms with van der Waals surface area (Å²) < 4.78 is 11.3. The van der Waals surface area contributed by atoms with Crippen LogP contribution in [0.3, 0.4) is 0 Å². The number of aromatic nitrogens is 1. The van der Waals surface area contributed by atoms with Crippen LogP contribution in [0.4, 0.5) is 0 Å². The summed E-state index contributed by atoms with van der Waals surface area (Å²) in [7, 11) is 3.20. The average Bonchev–Trinajstić information content (AvgIpc) is 2.63. The largest absolute Gasteiger partial charge is 0.497 e. The van der Waals surface area contributed by atoms with Crippen LogP contribution in [0.2, 0.25) is 0 Å². The number of hydrogen-bond donors (Lipinski definition) is 0. The van der Waals surface area contributed by atoms with Crippen molar-refractivity contribution in [2.24, 2.45) is 0 Å². The van der Waals surface area contributed by atoms with Crippen molar-refractivity contribution in [1.82, 2.24) is 9.88 Å². The second-order valence-electron chi connectivity index (χ2n) is 4.64. The molecule has 1 heterocycles. The van der Waals surface area contributed by atoms with Crippen molar-refractivity contribution >= 4 is 22.3 Å². The molecule has 6 heteroatoms. The van der Waals surface area contributed by atoms with E-state index < -0.39 is 0 Å². The van der Waals surface area contributed by atoms with E-state index in [0.717, 1.165) is 22.3 Å². The van der Waals surface area contributed by atoms with Gasteiger partial charge in [-0.15, -0.1) is 0 Å². The third-order valence-corrected chi connectivity index (χ3v) is 3.60. The lowest BCUT2D eigenvalue weighted by molar-refractivity contribution is -0.119. The molecular weight excluding hydrogens is 372 g/mol. The first-order valence-corrected chi connectivity index (χ1v) is 8.47. The molecule has 2 rings (SSSR count). The molecule has 130 valence electrons. The second-order valence-corrected chi connectivity index (χ2v) is 5.45. The van der Waals surface area contributed by atoms with Crippen LogP contribution < -0.4 is 9.47 Å². The molecule has 0 bridgehead atoms. The summed E-state index contributed by atoms with van der Waals surface area (Å²) in [4.78, 5) is 17.3. The van der Waals surface area contributed by atoms with Crippen molar-refractivity contribution in [1.29, 1.82) is 0 Å². The molecule has 0 saturated heterocycles. The Morgan fingerprint density at radius 3 is 2.46 bits per heavy atom. The Kier molecular flexibility index (Phi) is 8.86. The van der Waals surface area contributed by atoms with Crippen LogP contribution >= 0.6 is 15.9 Å². The molecule has 5 nitrogen and oxygen atoms in total. The van der Waals surface area contributed by atoms with Crippen molar-refractivity contribution in [2.45, 2.75) is 26.9 Å². The molecular formula is C18H23BrN2O3. The summed E-state index contributed by atoms with van der Waals surface area (Å²) in [6.07, 6.45) is 0.812. The van der Waals surface area contributed by atoms with E-state index in [1.165, 1.54) is 0 Å². The van der Waals surface area contributed by atoms with E-state index in [9.17, 15) is 4.79 Å². The molecule has 0 saturated carbocycles. The number of benzene rings is 1. The molecule has 1 aromatic carbocycles. The highest BCUT2D eigenvalue weighted by Crippen LogP contribution is 2.25. The molecule has 0 N–H and O–H groups in total. The molecule has 0 aliphatic rings. The first-order chi connectivity index (χ1) is 11.7. The summed E-state index contributed by atoms with van der Waals surface area (Å²) in [5.74, 6) is 1.40. The quantitative estimate of drug-likeness (QED) is 0.525. The number of methoxy groups -OCH3 is 2. The summed E-state index contributed by atoms with van der Waals surface area (Å²) >= 11 is 3.33. The molecule has 0 aliphatic carbocycles. The van der Waals surface area contributed by atoms with Gasteiger partial charge in [-0.3, -0.25) is 4.79 Å². The minimum atomic E-state index is 0.429. The minimum Gasteiger partial charge on any atom is -0.497 e. The Morgan fingerprint density at radius 2 is 1.88 bits per heavy atom. The average molecular weight is 395 g/mol. The lowest BCUT2D eigenvalue weighted by Crippen LogP contribution is -2.21. The number of ether oxygens (including phenoxy) is 2. The first-order valence-electron chi connectivity index (χ1n) is 7.68. The van der Waals surface area contributed by atoms with Gasteiger partial charge in [0.2, 0.25) is 6.41 Å². The van der Waals surface area contributed by atoms with Gasteiger partial charge in [0, 0.05) is 18.2 Å². The fraction of sp³-hybridized carbons (Fsp3) is 0.333. The van der Waals surface area contributed by atoms with Gasteiger partial charge in [0.25, 0.3) is 0 Å². The van der Waals surface area contributed by atoms with Gasteiger partial charge in [-0.2, -0.15) is 0 Å². The van der Waals surface area contributed by atoms with Crippen molar-refractivity contribution in [3.05, 3.63) is 52.3 Å². The Balaban J connectivity index is 0.00000139. The van der Waals surface area contributed by atoms with E-state index in [-0.39, 0.29) is 0 Å². The van der Waals surface area contributed by atoms with Crippen molar-refractivity contribution in [3.63, 3.8) is 0 Å². The SMILES string of the molecule is CC.COc1ccc(CN(C=O)Cc2cccc(Br)n2)c(OC)c1. The Bertz CT molecular complexity index is 650. The number of hydrogen-bond acceptors (Lipinski definition) is 4. The Morgan fingerprint density at radius 1 is 1.12 bits per heavy atom. The van der Waals surface area contributed by atoms with Gasteiger partial charge in [-0.25, -0.2) is 4.98 Å². The molecule has 0 atom stereocenters. The second kappa shape index (κ2) is 10.6. The molecule has 0 unspecified atom stereocenters. The van der Waals surface area contributed by atoms with Gasteiger partial charge >= 0.3 is 0 Å². The van der Waals surface area contributed by atoms with Crippen molar-refractivity contribution < 1.29 is 14.3 Å². The topological polar surface area (TPSA) is 51.7 Å². The third-order valence-electron chi connectivity index (χ3n) is 3.15. The zero-order valence-corrected chi connectivity index (χ0v) is 16.0. The smallest absolute Gasteiger partial charge is 0.210 e. The lowest BCUT2D eigenvalue weighted by atomic mass is 10.1. The van der Waals surface area contributed by atoms with Crippen molar-refractivity contribution in [2.75, 3.05) is 14.2 Å². The van der Waals surface area contributed by atoms with E-state index in [1.807, 2.05) is 44.2 Å². The number of carbonyl (C=O) groups is 1. The number of nitrogens with zero attached hydrogens (tertiary/aromatic N) is 2. The Labute approximate surface area is 151 Å². The highest BCUT2D eigenvalue weighted by Gasteiger charge is 2.11. The molecule has 1 amide bonds. The monoisotopic (exact) mass is 394 g/mol. The number of amides is 1. The van der Waals surface area contributed by atoms with Crippen molar-refractivity contribution in [3.8, 4) is 11.5 Å². The number of rotatable bonds is 7. The highest BCUT2D eigenvalue weighted by molar-refractivity contribution is 9.10. The van der Waals surface area contributed by atoms with Crippen LogP contribution in [0.1, 0.15) is 25.1 Å². The normalized spacial score (nSPS) is 9.54. The summed E-state index contributed by atoms with van der Waals surface area (Å²) in [6.45, 7) is 4.86. The van der Waals surface area contributed by atoms with Gasteiger partial charge in [0.05, 0.1) is 26.5 Å². The van der Waals surface area contributed by atoms with Gasteiger partial charge < -0.3 is 14.4 Å². The van der Waals surface area contributed by atoms with Crippen LogP contribution in [0.25, 0.3) is 0 Å².